The van der Waals surface area contributed by atoms with E-state index in [0.29, 0.717) is 40.4 Å². The van der Waals surface area contributed by atoms with Crippen LogP contribution >= 0.6 is 0 Å². The minimum absolute atomic E-state index is 0.136. The molecule has 3 atom stereocenters. The van der Waals surface area contributed by atoms with Gasteiger partial charge in [0.1, 0.15) is 12.4 Å². The highest BCUT2D eigenvalue weighted by molar-refractivity contribution is 6.06. The Morgan fingerprint density at radius 2 is 1.94 bits per heavy atom. The average Bonchev–Trinajstić information content (AvgIpc) is 3.32. The quantitative estimate of drug-likeness (QED) is 0.427. The number of nitrogens with one attached hydrogen (secondary N) is 1. The standard InChI is InChI=1S/C26H24FN3O5/c1-29-14-19(24(30(32)33)26(29)20-8-3-4-9-21(20)28-25(26)31)17-10-11-22(23(13-17)34-2)35-15-16-6-5-7-18(27)12-16/h3-13,19,24H,14-15H2,1-2H3,(H,28,31)/t19-,24-,26-/m0/s1. The van der Waals surface area contributed by atoms with Crippen LogP contribution in [0.3, 0.4) is 0 Å². The minimum Gasteiger partial charge on any atom is -0.493 e. The number of methoxy groups -OCH3 is 1. The molecule has 5 rings (SSSR count). The van der Waals surface area contributed by atoms with Crippen LogP contribution in [0.25, 0.3) is 0 Å². The number of para-hydroxylation sites is 1. The van der Waals surface area contributed by atoms with Gasteiger partial charge in [-0.15, -0.1) is 0 Å². The largest absolute Gasteiger partial charge is 0.493 e. The summed E-state index contributed by atoms with van der Waals surface area (Å²) >= 11 is 0. The maximum Gasteiger partial charge on any atom is 0.256 e. The summed E-state index contributed by atoms with van der Waals surface area (Å²) in [5.41, 5.74) is 1.12. The van der Waals surface area contributed by atoms with Crippen LogP contribution in [0.4, 0.5) is 10.1 Å². The summed E-state index contributed by atoms with van der Waals surface area (Å²) in [4.78, 5) is 27.1. The third-order valence-corrected chi connectivity index (χ3v) is 6.94. The van der Waals surface area contributed by atoms with Crippen molar-refractivity contribution in [2.75, 3.05) is 26.0 Å². The highest BCUT2D eigenvalue weighted by Gasteiger charge is 2.68. The maximum atomic E-state index is 13.5. The molecule has 0 saturated carbocycles. The van der Waals surface area contributed by atoms with Gasteiger partial charge in [-0.1, -0.05) is 36.4 Å². The van der Waals surface area contributed by atoms with Gasteiger partial charge in [-0.3, -0.25) is 19.8 Å². The van der Waals surface area contributed by atoms with Gasteiger partial charge in [-0.25, -0.2) is 4.39 Å². The van der Waals surface area contributed by atoms with Crippen LogP contribution in [0.15, 0.2) is 66.7 Å². The second-order valence-corrected chi connectivity index (χ2v) is 8.81. The molecule has 2 aliphatic rings. The second kappa shape index (κ2) is 8.66. The molecule has 1 fully saturated rings. The van der Waals surface area contributed by atoms with E-state index < -0.39 is 23.4 Å². The first-order valence-corrected chi connectivity index (χ1v) is 11.2. The van der Waals surface area contributed by atoms with Gasteiger partial charge in [0.05, 0.1) is 13.0 Å². The SMILES string of the molecule is COc1cc([C@@H]2CN(C)[C@]3(C(=O)Nc4ccccc43)[C@H]2[N+](=O)[O-])ccc1OCc1cccc(F)c1. The number of nitrogens with zero attached hydrogens (tertiary/aromatic N) is 2. The predicted octanol–water partition coefficient (Wildman–Crippen LogP) is 3.94. The molecule has 0 unspecified atom stereocenters. The third kappa shape index (κ3) is 3.59. The number of hydrogen-bond acceptors (Lipinski definition) is 6. The number of rotatable bonds is 6. The Labute approximate surface area is 201 Å². The predicted molar refractivity (Wildman–Crippen MR) is 127 cm³/mol. The first-order chi connectivity index (χ1) is 16.9. The van der Waals surface area contributed by atoms with Crippen LogP contribution in [-0.4, -0.2) is 42.5 Å². The van der Waals surface area contributed by atoms with Crippen molar-refractivity contribution < 1.29 is 23.6 Å². The molecule has 9 heteroatoms. The number of carbonyl (C=O) groups excluding carboxylic acids is 1. The van der Waals surface area contributed by atoms with E-state index in [1.807, 2.05) is 0 Å². The molecule has 35 heavy (non-hydrogen) atoms. The molecule has 1 N–H and O–H groups in total. The lowest BCUT2D eigenvalue weighted by molar-refractivity contribution is -0.534. The number of amides is 1. The number of likely N-dealkylation sites (tertiary alicyclic amines) is 1. The van der Waals surface area contributed by atoms with Gasteiger partial charge in [-0.2, -0.15) is 0 Å². The molecule has 0 aromatic heterocycles. The third-order valence-electron chi connectivity index (χ3n) is 6.94. The summed E-state index contributed by atoms with van der Waals surface area (Å²) in [6.07, 6.45) is 0. The lowest BCUT2D eigenvalue weighted by atomic mass is 9.79. The Morgan fingerprint density at radius 1 is 1.14 bits per heavy atom. The topological polar surface area (TPSA) is 93.9 Å². The fourth-order valence-electron chi connectivity index (χ4n) is 5.40. The van der Waals surface area contributed by atoms with Crippen LogP contribution < -0.4 is 14.8 Å². The van der Waals surface area contributed by atoms with Gasteiger partial charge >= 0.3 is 0 Å². The molecule has 0 radical (unpaired) electrons. The Morgan fingerprint density at radius 3 is 2.69 bits per heavy atom. The molecule has 1 amide bonds. The van der Waals surface area contributed by atoms with Crippen LogP contribution in [0.2, 0.25) is 0 Å². The van der Waals surface area contributed by atoms with Crippen molar-refractivity contribution >= 4 is 11.6 Å². The summed E-state index contributed by atoms with van der Waals surface area (Å²) in [6, 6.07) is 17.2. The Kier molecular flexibility index (Phi) is 5.64. The maximum absolute atomic E-state index is 13.5. The smallest absolute Gasteiger partial charge is 0.256 e. The molecule has 0 aliphatic carbocycles. The van der Waals surface area contributed by atoms with Gasteiger partial charge in [0.25, 0.3) is 11.9 Å². The molecule has 1 spiro atoms. The molecular formula is C26H24FN3O5. The van der Waals surface area contributed by atoms with Crippen molar-refractivity contribution in [3.8, 4) is 11.5 Å². The fraction of sp³-hybridized carbons (Fsp3) is 0.269. The zero-order valence-electron chi connectivity index (χ0n) is 19.2. The zero-order valence-corrected chi connectivity index (χ0v) is 19.2. The number of anilines is 1. The Hall–Kier alpha value is -3.98. The van der Waals surface area contributed by atoms with Gasteiger partial charge in [0.2, 0.25) is 0 Å². The number of hydrogen-bond donors (Lipinski definition) is 1. The van der Waals surface area contributed by atoms with E-state index in [0.717, 1.165) is 0 Å². The molecule has 1 saturated heterocycles. The minimum atomic E-state index is -1.41. The van der Waals surface area contributed by atoms with Crippen molar-refractivity contribution in [3.63, 3.8) is 0 Å². The summed E-state index contributed by atoms with van der Waals surface area (Å²) in [5, 5.41) is 15.3. The van der Waals surface area contributed by atoms with E-state index in [-0.39, 0.29) is 17.3 Å². The second-order valence-electron chi connectivity index (χ2n) is 8.81. The van der Waals surface area contributed by atoms with E-state index in [1.165, 1.54) is 19.2 Å². The normalized spacial score (nSPS) is 23.2. The van der Waals surface area contributed by atoms with E-state index >= 15 is 0 Å². The number of nitro groups is 1. The summed E-state index contributed by atoms with van der Waals surface area (Å²) in [6.45, 7) is 0.442. The molecule has 2 aliphatic heterocycles. The summed E-state index contributed by atoms with van der Waals surface area (Å²) in [5.74, 6) is -0.481. The van der Waals surface area contributed by atoms with Gasteiger partial charge in [0.15, 0.2) is 17.0 Å². The van der Waals surface area contributed by atoms with Crippen LogP contribution in [-0.2, 0) is 16.9 Å². The number of fused-ring (bicyclic) bond motifs is 2. The average molecular weight is 477 g/mol. The van der Waals surface area contributed by atoms with E-state index in [9.17, 15) is 19.3 Å². The fourth-order valence-corrected chi connectivity index (χ4v) is 5.40. The highest BCUT2D eigenvalue weighted by atomic mass is 19.1. The summed E-state index contributed by atoms with van der Waals surface area (Å²) < 4.78 is 24.8. The first kappa shape index (κ1) is 22.8. The number of ether oxygens (including phenoxy) is 2. The van der Waals surface area contributed by atoms with Crippen LogP contribution in [0.1, 0.15) is 22.6 Å². The molecule has 0 bridgehead atoms. The van der Waals surface area contributed by atoms with Crippen molar-refractivity contribution in [2.45, 2.75) is 24.1 Å². The monoisotopic (exact) mass is 477 g/mol. The molecule has 3 aromatic carbocycles. The van der Waals surface area contributed by atoms with Gasteiger partial charge < -0.3 is 14.8 Å². The van der Waals surface area contributed by atoms with Gasteiger partial charge in [0, 0.05) is 22.7 Å². The van der Waals surface area contributed by atoms with Crippen molar-refractivity contribution in [3.05, 3.63) is 99.4 Å². The summed E-state index contributed by atoms with van der Waals surface area (Å²) in [7, 11) is 3.23. The number of likely N-dealkylation sites (N-methyl/N-ethyl adjacent to an activating group) is 1. The lowest BCUT2D eigenvalue weighted by Crippen LogP contribution is -2.54. The molecule has 3 aromatic rings. The Balaban J connectivity index is 1.49. The molecule has 8 nitrogen and oxygen atoms in total. The Bertz CT molecular complexity index is 1320. The van der Waals surface area contributed by atoms with Crippen LogP contribution in [0, 0.1) is 15.9 Å². The highest BCUT2D eigenvalue weighted by Crippen LogP contribution is 2.52. The molecular weight excluding hydrogens is 453 g/mol. The molecule has 180 valence electrons. The van der Waals surface area contributed by atoms with E-state index in [2.05, 4.69) is 5.32 Å². The lowest BCUT2D eigenvalue weighted by Gasteiger charge is -2.30. The number of benzene rings is 3. The van der Waals surface area contributed by atoms with E-state index in [1.54, 1.807) is 66.5 Å². The first-order valence-electron chi connectivity index (χ1n) is 11.2. The number of carbonyl (C=O) groups is 1. The van der Waals surface area contributed by atoms with E-state index in [4.69, 9.17) is 9.47 Å². The van der Waals surface area contributed by atoms with Crippen molar-refractivity contribution in [1.82, 2.24) is 4.90 Å². The van der Waals surface area contributed by atoms with Crippen molar-refractivity contribution in [1.29, 1.82) is 0 Å². The van der Waals surface area contributed by atoms with Crippen LogP contribution in [0.5, 0.6) is 11.5 Å². The zero-order chi connectivity index (χ0) is 24.7. The molecule has 2 heterocycles. The number of halogens is 1. The van der Waals surface area contributed by atoms with Crippen molar-refractivity contribution in [2.24, 2.45) is 0 Å². The van der Waals surface area contributed by atoms with Gasteiger partial charge in [-0.05, 0) is 48.5 Å².